The van der Waals surface area contributed by atoms with Crippen LogP contribution >= 0.6 is 0 Å². The molecule has 0 saturated carbocycles. The highest BCUT2D eigenvalue weighted by molar-refractivity contribution is 5.70. The molecular weight excluding hydrogens is 218 g/mol. The number of esters is 1. The largest absolute Gasteiger partial charge is 0.464 e. The van der Waals surface area contributed by atoms with E-state index in [-0.39, 0.29) is 12.6 Å². The average molecular weight is 243 g/mol. The van der Waals surface area contributed by atoms with Gasteiger partial charge in [0, 0.05) is 6.54 Å². The van der Waals surface area contributed by atoms with Gasteiger partial charge in [-0.25, -0.2) is 4.79 Å². The molecule has 1 saturated heterocycles. The molecule has 4 nitrogen and oxygen atoms in total. The van der Waals surface area contributed by atoms with E-state index in [4.69, 9.17) is 9.47 Å². The van der Waals surface area contributed by atoms with E-state index in [1.807, 2.05) is 0 Å². The standard InChI is InChI=1S/C13H25NO3/c1-3-12-5-7-14(8-6-12)9-10-16-11-13(15)17-4-2/h12H,3-11H2,1-2H3. The fourth-order valence-electron chi connectivity index (χ4n) is 2.17. The van der Waals surface area contributed by atoms with E-state index in [0.29, 0.717) is 13.2 Å². The summed E-state index contributed by atoms with van der Waals surface area (Å²) in [7, 11) is 0. The maximum atomic E-state index is 11.0. The van der Waals surface area contributed by atoms with Crippen LogP contribution in [-0.2, 0) is 14.3 Å². The topological polar surface area (TPSA) is 38.8 Å². The molecule has 0 amide bonds. The van der Waals surface area contributed by atoms with Gasteiger partial charge in [0.05, 0.1) is 13.2 Å². The molecule has 1 fully saturated rings. The third-order valence-electron chi connectivity index (χ3n) is 3.36. The van der Waals surface area contributed by atoms with Crippen molar-refractivity contribution in [1.29, 1.82) is 0 Å². The van der Waals surface area contributed by atoms with Crippen LogP contribution in [0.25, 0.3) is 0 Å². The number of hydrogen-bond acceptors (Lipinski definition) is 4. The minimum Gasteiger partial charge on any atom is -0.464 e. The second-order valence-electron chi connectivity index (χ2n) is 4.55. The van der Waals surface area contributed by atoms with Crippen molar-refractivity contribution in [1.82, 2.24) is 4.90 Å². The molecule has 17 heavy (non-hydrogen) atoms. The summed E-state index contributed by atoms with van der Waals surface area (Å²) in [5.74, 6) is 0.642. The summed E-state index contributed by atoms with van der Waals surface area (Å²) in [6.45, 7) is 8.46. The SMILES string of the molecule is CCOC(=O)COCCN1CCC(CC)CC1. The molecular formula is C13H25NO3. The third-order valence-corrected chi connectivity index (χ3v) is 3.36. The normalized spacial score (nSPS) is 18.2. The van der Waals surface area contributed by atoms with Gasteiger partial charge in [-0.15, -0.1) is 0 Å². The van der Waals surface area contributed by atoms with E-state index in [1.54, 1.807) is 6.92 Å². The lowest BCUT2D eigenvalue weighted by Crippen LogP contribution is -2.36. The molecule has 0 aromatic carbocycles. The van der Waals surface area contributed by atoms with Crippen molar-refractivity contribution in [3.63, 3.8) is 0 Å². The molecule has 4 heteroatoms. The number of hydrogen-bond donors (Lipinski definition) is 0. The van der Waals surface area contributed by atoms with Crippen LogP contribution in [0.15, 0.2) is 0 Å². The molecule has 0 N–H and O–H groups in total. The number of likely N-dealkylation sites (tertiary alicyclic amines) is 1. The Balaban J connectivity index is 1.98. The summed E-state index contributed by atoms with van der Waals surface area (Å²) in [6, 6.07) is 0. The van der Waals surface area contributed by atoms with Crippen molar-refractivity contribution in [2.24, 2.45) is 5.92 Å². The molecule has 0 aromatic rings. The Hall–Kier alpha value is -0.610. The van der Waals surface area contributed by atoms with Crippen LogP contribution in [0.4, 0.5) is 0 Å². The monoisotopic (exact) mass is 243 g/mol. The van der Waals surface area contributed by atoms with E-state index in [0.717, 1.165) is 12.5 Å². The van der Waals surface area contributed by atoms with Crippen LogP contribution in [0.1, 0.15) is 33.1 Å². The fourth-order valence-corrected chi connectivity index (χ4v) is 2.17. The summed E-state index contributed by atoms with van der Waals surface area (Å²) in [5, 5.41) is 0. The Bertz CT molecular complexity index is 213. The Morgan fingerprint density at radius 1 is 1.29 bits per heavy atom. The van der Waals surface area contributed by atoms with Gasteiger partial charge in [-0.05, 0) is 38.8 Å². The van der Waals surface area contributed by atoms with Crippen molar-refractivity contribution in [3.05, 3.63) is 0 Å². The highest BCUT2D eigenvalue weighted by Gasteiger charge is 2.17. The molecule has 0 unspecified atom stereocenters. The lowest BCUT2D eigenvalue weighted by Gasteiger charge is -2.31. The smallest absolute Gasteiger partial charge is 0.332 e. The van der Waals surface area contributed by atoms with Crippen molar-refractivity contribution in [2.75, 3.05) is 39.5 Å². The van der Waals surface area contributed by atoms with Gasteiger partial charge in [-0.1, -0.05) is 13.3 Å². The maximum Gasteiger partial charge on any atom is 0.332 e. The minimum atomic E-state index is -0.266. The first-order valence-electron chi connectivity index (χ1n) is 6.72. The number of carbonyl (C=O) groups excluding carboxylic acids is 1. The van der Waals surface area contributed by atoms with Gasteiger partial charge in [0.25, 0.3) is 0 Å². The van der Waals surface area contributed by atoms with Gasteiger partial charge in [-0.2, -0.15) is 0 Å². The van der Waals surface area contributed by atoms with Crippen molar-refractivity contribution >= 4 is 5.97 Å². The lowest BCUT2D eigenvalue weighted by atomic mass is 9.94. The number of piperidine rings is 1. The molecule has 0 atom stereocenters. The van der Waals surface area contributed by atoms with Gasteiger partial charge in [0.1, 0.15) is 6.61 Å². The Morgan fingerprint density at radius 3 is 2.59 bits per heavy atom. The zero-order valence-corrected chi connectivity index (χ0v) is 11.1. The summed E-state index contributed by atoms with van der Waals surface area (Å²) in [6.07, 6.45) is 3.90. The molecule has 1 rings (SSSR count). The summed E-state index contributed by atoms with van der Waals surface area (Å²) >= 11 is 0. The number of ether oxygens (including phenoxy) is 2. The van der Waals surface area contributed by atoms with Crippen LogP contribution in [0.5, 0.6) is 0 Å². The van der Waals surface area contributed by atoms with Crippen molar-refractivity contribution < 1.29 is 14.3 Å². The van der Waals surface area contributed by atoms with E-state index >= 15 is 0 Å². The fraction of sp³-hybridized carbons (Fsp3) is 0.923. The highest BCUT2D eigenvalue weighted by Crippen LogP contribution is 2.19. The summed E-state index contributed by atoms with van der Waals surface area (Å²) < 4.78 is 10.1. The average Bonchev–Trinajstić information content (AvgIpc) is 2.36. The molecule has 0 aliphatic carbocycles. The minimum absolute atomic E-state index is 0.0826. The number of rotatable bonds is 7. The second kappa shape index (κ2) is 8.48. The lowest BCUT2D eigenvalue weighted by molar-refractivity contribution is -0.148. The molecule has 0 spiro atoms. The van der Waals surface area contributed by atoms with Crippen LogP contribution in [-0.4, -0.2) is 50.3 Å². The van der Waals surface area contributed by atoms with Gasteiger partial charge in [-0.3, -0.25) is 0 Å². The Labute approximate surface area is 104 Å². The zero-order valence-electron chi connectivity index (χ0n) is 11.1. The first-order valence-corrected chi connectivity index (χ1v) is 6.72. The summed E-state index contributed by atoms with van der Waals surface area (Å²) in [5.41, 5.74) is 0. The molecule has 100 valence electrons. The predicted molar refractivity (Wildman–Crippen MR) is 66.9 cm³/mol. The Morgan fingerprint density at radius 2 is 2.00 bits per heavy atom. The van der Waals surface area contributed by atoms with E-state index < -0.39 is 0 Å². The summed E-state index contributed by atoms with van der Waals surface area (Å²) in [4.78, 5) is 13.4. The maximum absolute atomic E-state index is 11.0. The van der Waals surface area contributed by atoms with Crippen LogP contribution in [0.2, 0.25) is 0 Å². The van der Waals surface area contributed by atoms with E-state index in [1.165, 1.54) is 32.4 Å². The van der Waals surface area contributed by atoms with Crippen molar-refractivity contribution in [3.8, 4) is 0 Å². The molecule has 0 aromatic heterocycles. The number of nitrogens with zero attached hydrogens (tertiary/aromatic N) is 1. The van der Waals surface area contributed by atoms with E-state index in [2.05, 4.69) is 11.8 Å². The first-order chi connectivity index (χ1) is 8.26. The van der Waals surface area contributed by atoms with Crippen LogP contribution in [0, 0.1) is 5.92 Å². The van der Waals surface area contributed by atoms with E-state index in [9.17, 15) is 4.79 Å². The molecule has 1 aliphatic heterocycles. The third kappa shape index (κ3) is 6.03. The zero-order chi connectivity index (χ0) is 12.5. The van der Waals surface area contributed by atoms with Crippen molar-refractivity contribution in [2.45, 2.75) is 33.1 Å². The second-order valence-corrected chi connectivity index (χ2v) is 4.55. The molecule has 0 bridgehead atoms. The van der Waals surface area contributed by atoms with Gasteiger partial charge in [0.15, 0.2) is 0 Å². The van der Waals surface area contributed by atoms with Crippen LogP contribution in [0.3, 0.4) is 0 Å². The van der Waals surface area contributed by atoms with Gasteiger partial charge >= 0.3 is 5.97 Å². The van der Waals surface area contributed by atoms with Gasteiger partial charge in [0.2, 0.25) is 0 Å². The quantitative estimate of drug-likeness (QED) is 0.504. The first kappa shape index (κ1) is 14.5. The molecule has 1 aliphatic rings. The molecule has 1 heterocycles. The molecule has 0 radical (unpaired) electrons. The van der Waals surface area contributed by atoms with Crippen LogP contribution < -0.4 is 0 Å². The highest BCUT2D eigenvalue weighted by atomic mass is 16.6. The number of carbonyl (C=O) groups is 1. The predicted octanol–water partition coefficient (Wildman–Crippen LogP) is 1.69. The Kier molecular flexibility index (Phi) is 7.21. The van der Waals surface area contributed by atoms with Gasteiger partial charge < -0.3 is 14.4 Å².